The van der Waals surface area contributed by atoms with Crippen molar-refractivity contribution in [2.75, 3.05) is 21.3 Å². The zero-order valence-corrected chi connectivity index (χ0v) is 18.1. The molecule has 166 valence electrons. The van der Waals surface area contributed by atoms with Crippen LogP contribution < -0.4 is 25.2 Å². The van der Waals surface area contributed by atoms with E-state index in [9.17, 15) is 14.7 Å². The number of nitrogens with one attached hydrogen (secondary N) is 2. The maximum absolute atomic E-state index is 12.4. The Morgan fingerprint density at radius 1 is 1.19 bits per heavy atom. The van der Waals surface area contributed by atoms with Crippen molar-refractivity contribution in [3.8, 4) is 28.8 Å². The molecule has 32 heavy (non-hydrogen) atoms. The number of carbonyl (C=O) groups excluding carboxylic acids is 1. The number of H-pyrrole nitrogens is 1. The molecule has 12 heteroatoms. The van der Waals surface area contributed by atoms with Crippen LogP contribution in [0.15, 0.2) is 46.6 Å². The number of hydrazone groups is 1. The molecule has 0 bridgehead atoms. The first kappa shape index (κ1) is 22.5. The highest BCUT2D eigenvalue weighted by atomic mass is 32.1. The van der Waals surface area contributed by atoms with Gasteiger partial charge in [0.15, 0.2) is 16.3 Å². The third-order valence-electron chi connectivity index (χ3n) is 4.33. The van der Waals surface area contributed by atoms with Crippen LogP contribution in [0.4, 0.5) is 0 Å². The number of carbonyl (C=O) groups is 1. The fourth-order valence-corrected chi connectivity index (χ4v) is 3.10. The summed E-state index contributed by atoms with van der Waals surface area (Å²) in [5.74, 6) is -0.0509. The van der Waals surface area contributed by atoms with Crippen molar-refractivity contribution in [1.82, 2.24) is 20.0 Å². The minimum Gasteiger partial charge on any atom is -0.494 e. The molecule has 0 aliphatic heterocycles. The smallest absolute Gasteiger partial charge is 0.271 e. The molecule has 3 aromatic rings. The number of benzene rings is 1. The van der Waals surface area contributed by atoms with E-state index in [1.54, 1.807) is 12.1 Å². The number of pyridine rings is 1. The highest BCUT2D eigenvalue weighted by molar-refractivity contribution is 7.71. The van der Waals surface area contributed by atoms with Crippen molar-refractivity contribution in [2.24, 2.45) is 5.10 Å². The first-order valence-electron chi connectivity index (χ1n) is 9.03. The number of aromatic amines is 1. The van der Waals surface area contributed by atoms with E-state index in [4.69, 9.17) is 26.4 Å². The van der Waals surface area contributed by atoms with Gasteiger partial charge >= 0.3 is 0 Å². The number of hydrogen-bond acceptors (Lipinski definition) is 9. The second kappa shape index (κ2) is 9.75. The minimum absolute atomic E-state index is 0.0836. The van der Waals surface area contributed by atoms with Crippen molar-refractivity contribution >= 4 is 24.3 Å². The fourth-order valence-electron chi connectivity index (χ4n) is 2.81. The monoisotopic (exact) mass is 457 g/mol. The van der Waals surface area contributed by atoms with E-state index in [0.717, 1.165) is 6.21 Å². The van der Waals surface area contributed by atoms with Crippen LogP contribution in [-0.4, -0.2) is 53.1 Å². The van der Waals surface area contributed by atoms with Crippen molar-refractivity contribution in [3.05, 3.63) is 62.9 Å². The molecule has 0 aliphatic carbocycles. The maximum Gasteiger partial charge on any atom is 0.271 e. The average molecular weight is 457 g/mol. The molecule has 0 saturated carbocycles. The maximum atomic E-state index is 12.4. The van der Waals surface area contributed by atoms with E-state index in [-0.39, 0.29) is 10.3 Å². The van der Waals surface area contributed by atoms with Crippen molar-refractivity contribution < 1.29 is 24.1 Å². The third kappa shape index (κ3) is 4.44. The van der Waals surface area contributed by atoms with Crippen LogP contribution in [0.2, 0.25) is 0 Å². The van der Waals surface area contributed by atoms with Gasteiger partial charge in [-0.25, -0.2) is 5.43 Å². The van der Waals surface area contributed by atoms with Gasteiger partial charge in [0.1, 0.15) is 5.56 Å². The Morgan fingerprint density at radius 3 is 2.38 bits per heavy atom. The van der Waals surface area contributed by atoms with Gasteiger partial charge in [-0.3, -0.25) is 24.1 Å². The van der Waals surface area contributed by atoms with E-state index >= 15 is 0 Å². The van der Waals surface area contributed by atoms with Gasteiger partial charge in [0, 0.05) is 30.1 Å². The lowest BCUT2D eigenvalue weighted by molar-refractivity contribution is 0.0955. The minimum atomic E-state index is -0.696. The molecular formula is C20H19N5O6S. The standard InChI is InChI=1S/C20H19N5O6S/c1-29-14-8-12(9-15(30-2)16(14)31-3)25-19(28)13(18(27)23-20(25)32)10-22-24-17(26)11-4-6-21-7-5-11/h4-10,28H,1-3H3,(H,24,26)(H,23,27,32)/b22-10+. The summed E-state index contributed by atoms with van der Waals surface area (Å²) in [5, 5.41) is 14.5. The third-order valence-corrected chi connectivity index (χ3v) is 4.62. The van der Waals surface area contributed by atoms with Crippen molar-refractivity contribution in [2.45, 2.75) is 0 Å². The molecule has 0 spiro atoms. The summed E-state index contributed by atoms with van der Waals surface area (Å²) in [6.45, 7) is 0. The lowest BCUT2D eigenvalue weighted by Crippen LogP contribution is -2.21. The first-order chi connectivity index (χ1) is 15.4. The van der Waals surface area contributed by atoms with Gasteiger partial charge in [-0.05, 0) is 24.4 Å². The predicted octanol–water partition coefficient (Wildman–Crippen LogP) is 1.79. The Kier molecular flexibility index (Phi) is 6.85. The average Bonchev–Trinajstić information content (AvgIpc) is 2.80. The molecule has 11 nitrogen and oxygen atoms in total. The Balaban J connectivity index is 2.03. The van der Waals surface area contributed by atoms with Crippen molar-refractivity contribution in [3.63, 3.8) is 0 Å². The van der Waals surface area contributed by atoms with Crippen LogP contribution in [-0.2, 0) is 0 Å². The summed E-state index contributed by atoms with van der Waals surface area (Å²) < 4.78 is 17.0. The van der Waals surface area contributed by atoms with Gasteiger partial charge < -0.3 is 19.3 Å². The van der Waals surface area contributed by atoms with Gasteiger partial charge in [0.2, 0.25) is 11.6 Å². The van der Waals surface area contributed by atoms with Gasteiger partial charge in [-0.2, -0.15) is 5.10 Å². The summed E-state index contributed by atoms with van der Waals surface area (Å²) >= 11 is 5.22. The second-order valence-electron chi connectivity index (χ2n) is 6.15. The zero-order valence-electron chi connectivity index (χ0n) is 17.3. The summed E-state index contributed by atoms with van der Waals surface area (Å²) in [6, 6.07) is 6.09. The van der Waals surface area contributed by atoms with E-state index < -0.39 is 17.3 Å². The molecule has 2 aromatic heterocycles. The summed E-state index contributed by atoms with van der Waals surface area (Å²) in [5.41, 5.74) is 1.99. The van der Waals surface area contributed by atoms with Crippen LogP contribution in [0.3, 0.4) is 0 Å². The SMILES string of the molecule is COc1cc(-n2c(O)c(/C=N/NC(=O)c3ccncc3)c(=O)[nH]c2=S)cc(OC)c1OC. The van der Waals surface area contributed by atoms with Gasteiger partial charge in [-0.1, -0.05) is 0 Å². The molecule has 3 N–H and O–H groups in total. The topological polar surface area (TPSA) is 140 Å². The Bertz CT molecular complexity index is 1260. The number of hydrogen-bond donors (Lipinski definition) is 3. The van der Waals surface area contributed by atoms with E-state index in [0.29, 0.717) is 28.5 Å². The number of amides is 1. The predicted molar refractivity (Wildman–Crippen MR) is 118 cm³/mol. The Morgan fingerprint density at radius 2 is 1.81 bits per heavy atom. The lowest BCUT2D eigenvalue weighted by Gasteiger charge is -2.16. The highest BCUT2D eigenvalue weighted by Crippen LogP contribution is 2.40. The summed E-state index contributed by atoms with van der Waals surface area (Å²) in [6.07, 6.45) is 3.92. The van der Waals surface area contributed by atoms with Crippen LogP contribution in [0.25, 0.3) is 5.69 Å². The molecule has 2 heterocycles. The van der Waals surface area contributed by atoms with Crippen molar-refractivity contribution in [1.29, 1.82) is 0 Å². The number of methoxy groups -OCH3 is 3. The normalized spacial score (nSPS) is 10.7. The molecule has 0 radical (unpaired) electrons. The van der Waals surface area contributed by atoms with Crippen LogP contribution in [0.5, 0.6) is 23.1 Å². The zero-order chi connectivity index (χ0) is 23.3. The molecule has 0 saturated heterocycles. The fraction of sp³-hybridized carbons (Fsp3) is 0.150. The first-order valence-corrected chi connectivity index (χ1v) is 9.44. The number of aromatic nitrogens is 3. The van der Waals surface area contributed by atoms with Gasteiger partial charge in [-0.15, -0.1) is 0 Å². The largest absolute Gasteiger partial charge is 0.494 e. The Hall–Kier alpha value is -4.19. The molecule has 0 atom stereocenters. The number of aromatic hydroxyl groups is 1. The van der Waals surface area contributed by atoms with E-state index in [1.807, 2.05) is 0 Å². The molecule has 1 aromatic carbocycles. The van der Waals surface area contributed by atoms with Crippen LogP contribution >= 0.6 is 12.2 Å². The summed E-state index contributed by atoms with van der Waals surface area (Å²) in [7, 11) is 4.34. The van der Waals surface area contributed by atoms with E-state index in [2.05, 4.69) is 20.5 Å². The Labute approximate surface area is 186 Å². The van der Waals surface area contributed by atoms with Gasteiger partial charge in [0.05, 0.1) is 33.2 Å². The second-order valence-corrected chi connectivity index (χ2v) is 6.54. The highest BCUT2D eigenvalue weighted by Gasteiger charge is 2.18. The number of rotatable bonds is 7. The quantitative estimate of drug-likeness (QED) is 0.277. The molecular weight excluding hydrogens is 438 g/mol. The lowest BCUT2D eigenvalue weighted by atomic mass is 10.2. The molecule has 0 aliphatic rings. The number of nitrogens with zero attached hydrogens (tertiary/aromatic N) is 3. The van der Waals surface area contributed by atoms with Crippen LogP contribution in [0, 0.1) is 4.77 Å². The molecule has 1 amide bonds. The molecule has 3 rings (SSSR count). The summed E-state index contributed by atoms with van der Waals surface area (Å²) in [4.78, 5) is 30.7. The molecule has 0 unspecified atom stereocenters. The number of ether oxygens (including phenoxy) is 3. The van der Waals surface area contributed by atoms with E-state index in [1.165, 1.54) is 50.4 Å². The molecule has 0 fully saturated rings. The van der Waals surface area contributed by atoms with Gasteiger partial charge in [0.25, 0.3) is 11.5 Å². The van der Waals surface area contributed by atoms with Crippen LogP contribution in [0.1, 0.15) is 15.9 Å².